The first-order valence-corrected chi connectivity index (χ1v) is 8.86. The Morgan fingerprint density at radius 1 is 1.16 bits per heavy atom. The number of nitrogens with zero attached hydrogens (tertiary/aromatic N) is 4. The summed E-state index contributed by atoms with van der Waals surface area (Å²) >= 11 is 0. The summed E-state index contributed by atoms with van der Waals surface area (Å²) in [5.74, 6) is 1.04. The summed E-state index contributed by atoms with van der Waals surface area (Å²) in [6, 6.07) is 9.38. The molecule has 0 unspecified atom stereocenters. The van der Waals surface area contributed by atoms with Gasteiger partial charge in [0.1, 0.15) is 5.82 Å². The van der Waals surface area contributed by atoms with Crippen molar-refractivity contribution in [2.45, 2.75) is 52.9 Å². The fraction of sp³-hybridized carbons (Fsp3) is 0.400. The number of hydrogen-bond acceptors (Lipinski definition) is 3. The van der Waals surface area contributed by atoms with E-state index in [0.717, 1.165) is 18.9 Å². The maximum Gasteiger partial charge on any atom is 0.105 e. The lowest BCUT2D eigenvalue weighted by atomic mass is 10.1. The Labute approximate surface area is 149 Å². The fourth-order valence-corrected chi connectivity index (χ4v) is 2.85. The highest BCUT2D eigenvalue weighted by molar-refractivity contribution is 5.24. The summed E-state index contributed by atoms with van der Waals surface area (Å²) in [5.41, 5.74) is 3.80. The van der Waals surface area contributed by atoms with Gasteiger partial charge in [-0.25, -0.2) is 4.98 Å². The first-order chi connectivity index (χ1) is 12.0. The van der Waals surface area contributed by atoms with Crippen LogP contribution in [0.5, 0.6) is 0 Å². The Bertz CT molecular complexity index is 815. The summed E-state index contributed by atoms with van der Waals surface area (Å²) in [7, 11) is 0. The minimum Gasteiger partial charge on any atom is -0.331 e. The largest absolute Gasteiger partial charge is 0.331 e. The van der Waals surface area contributed by atoms with Crippen LogP contribution in [0.25, 0.3) is 0 Å². The minimum atomic E-state index is 0.270. The van der Waals surface area contributed by atoms with E-state index in [4.69, 9.17) is 0 Å². The van der Waals surface area contributed by atoms with Gasteiger partial charge in [-0.3, -0.25) is 4.68 Å². The molecule has 0 spiro atoms. The number of rotatable bonds is 7. The SMILES string of the molecule is Cc1nccn1Cc1cccc(CN[C@H](C)c2cnn(C(C)C)c2)c1. The molecule has 0 amide bonds. The highest BCUT2D eigenvalue weighted by Crippen LogP contribution is 2.15. The van der Waals surface area contributed by atoms with Gasteiger partial charge in [-0.05, 0) is 38.8 Å². The van der Waals surface area contributed by atoms with Crippen LogP contribution in [0.2, 0.25) is 0 Å². The Hall–Kier alpha value is -2.40. The van der Waals surface area contributed by atoms with E-state index in [0.29, 0.717) is 6.04 Å². The van der Waals surface area contributed by atoms with Crippen molar-refractivity contribution in [2.75, 3.05) is 0 Å². The average Bonchev–Trinajstić information content (AvgIpc) is 3.23. The molecule has 5 heteroatoms. The van der Waals surface area contributed by atoms with Crippen molar-refractivity contribution >= 4 is 0 Å². The second-order valence-corrected chi connectivity index (χ2v) is 6.87. The third-order valence-electron chi connectivity index (χ3n) is 4.53. The predicted molar refractivity (Wildman–Crippen MR) is 100 cm³/mol. The van der Waals surface area contributed by atoms with E-state index in [1.165, 1.54) is 16.7 Å². The molecule has 1 atom stereocenters. The van der Waals surface area contributed by atoms with Gasteiger partial charge in [-0.2, -0.15) is 5.10 Å². The van der Waals surface area contributed by atoms with Gasteiger partial charge in [0.25, 0.3) is 0 Å². The van der Waals surface area contributed by atoms with E-state index in [1.807, 2.05) is 30.2 Å². The number of aryl methyl sites for hydroxylation is 1. The minimum absolute atomic E-state index is 0.270. The molecule has 2 heterocycles. The van der Waals surface area contributed by atoms with Gasteiger partial charge >= 0.3 is 0 Å². The zero-order chi connectivity index (χ0) is 17.8. The number of nitrogens with one attached hydrogen (secondary N) is 1. The Morgan fingerprint density at radius 2 is 1.96 bits per heavy atom. The number of imidazole rings is 1. The second-order valence-electron chi connectivity index (χ2n) is 6.87. The van der Waals surface area contributed by atoms with Gasteiger partial charge in [0.2, 0.25) is 0 Å². The quantitative estimate of drug-likeness (QED) is 0.712. The van der Waals surface area contributed by atoms with Crippen LogP contribution in [-0.2, 0) is 13.1 Å². The molecule has 0 saturated carbocycles. The van der Waals surface area contributed by atoms with Gasteiger partial charge in [-0.1, -0.05) is 24.3 Å². The van der Waals surface area contributed by atoms with Gasteiger partial charge in [0.15, 0.2) is 0 Å². The lowest BCUT2D eigenvalue weighted by molar-refractivity contribution is 0.528. The van der Waals surface area contributed by atoms with E-state index in [1.54, 1.807) is 0 Å². The molecule has 0 aliphatic rings. The van der Waals surface area contributed by atoms with E-state index < -0.39 is 0 Å². The smallest absolute Gasteiger partial charge is 0.105 e. The molecular weight excluding hydrogens is 310 g/mol. The van der Waals surface area contributed by atoms with Crippen LogP contribution in [0, 0.1) is 6.92 Å². The molecule has 25 heavy (non-hydrogen) atoms. The first kappa shape index (κ1) is 17.4. The first-order valence-electron chi connectivity index (χ1n) is 8.86. The van der Waals surface area contributed by atoms with Crippen LogP contribution in [0.3, 0.4) is 0 Å². The highest BCUT2D eigenvalue weighted by atomic mass is 15.3. The maximum atomic E-state index is 4.42. The number of hydrogen-bond donors (Lipinski definition) is 1. The lowest BCUT2D eigenvalue weighted by Gasteiger charge is -2.13. The topological polar surface area (TPSA) is 47.7 Å². The molecule has 132 valence electrons. The van der Waals surface area contributed by atoms with Gasteiger partial charge in [-0.15, -0.1) is 0 Å². The number of aromatic nitrogens is 4. The van der Waals surface area contributed by atoms with E-state index in [-0.39, 0.29) is 6.04 Å². The van der Waals surface area contributed by atoms with Crippen molar-refractivity contribution in [3.63, 3.8) is 0 Å². The number of benzene rings is 1. The van der Waals surface area contributed by atoms with Crippen LogP contribution in [0.15, 0.2) is 49.1 Å². The standard InChI is InChI=1S/C20H27N5/c1-15(2)25-14-20(12-23-25)16(3)22-11-18-6-5-7-19(10-18)13-24-9-8-21-17(24)4/h5-10,12,14-16,22H,11,13H2,1-4H3/t16-/m1/s1. The summed E-state index contributed by atoms with van der Waals surface area (Å²) < 4.78 is 4.16. The van der Waals surface area contributed by atoms with Gasteiger partial charge in [0, 0.05) is 49.3 Å². The Kier molecular flexibility index (Phi) is 5.34. The molecule has 0 radical (unpaired) electrons. The van der Waals surface area contributed by atoms with Gasteiger partial charge < -0.3 is 9.88 Å². The molecule has 0 bridgehead atoms. The van der Waals surface area contributed by atoms with Crippen molar-refractivity contribution in [1.82, 2.24) is 24.6 Å². The van der Waals surface area contributed by atoms with Crippen LogP contribution >= 0.6 is 0 Å². The summed E-state index contributed by atoms with van der Waals surface area (Å²) in [6.45, 7) is 10.2. The molecule has 0 aliphatic heterocycles. The molecule has 0 saturated heterocycles. The molecule has 0 aliphatic carbocycles. The van der Waals surface area contributed by atoms with Crippen molar-refractivity contribution in [3.05, 3.63) is 71.6 Å². The third kappa shape index (κ3) is 4.37. The van der Waals surface area contributed by atoms with E-state index in [9.17, 15) is 0 Å². The van der Waals surface area contributed by atoms with Crippen LogP contribution in [-0.4, -0.2) is 19.3 Å². The zero-order valence-corrected chi connectivity index (χ0v) is 15.5. The molecule has 1 N–H and O–H groups in total. The normalized spacial score (nSPS) is 12.7. The maximum absolute atomic E-state index is 4.42. The van der Waals surface area contributed by atoms with Crippen LogP contribution < -0.4 is 5.32 Å². The van der Waals surface area contributed by atoms with Crippen molar-refractivity contribution in [2.24, 2.45) is 0 Å². The molecule has 5 nitrogen and oxygen atoms in total. The molecule has 3 rings (SSSR count). The lowest BCUT2D eigenvalue weighted by Crippen LogP contribution is -2.18. The zero-order valence-electron chi connectivity index (χ0n) is 15.5. The van der Waals surface area contributed by atoms with Crippen molar-refractivity contribution < 1.29 is 0 Å². The van der Waals surface area contributed by atoms with E-state index in [2.05, 4.69) is 71.2 Å². The van der Waals surface area contributed by atoms with E-state index >= 15 is 0 Å². The fourth-order valence-electron chi connectivity index (χ4n) is 2.85. The second kappa shape index (κ2) is 7.66. The molecule has 2 aromatic heterocycles. The van der Waals surface area contributed by atoms with Crippen molar-refractivity contribution in [1.29, 1.82) is 0 Å². The molecular formula is C20H27N5. The Balaban J connectivity index is 1.61. The Morgan fingerprint density at radius 3 is 2.64 bits per heavy atom. The molecule has 1 aromatic carbocycles. The van der Waals surface area contributed by atoms with Crippen molar-refractivity contribution in [3.8, 4) is 0 Å². The van der Waals surface area contributed by atoms with Crippen LogP contribution in [0.1, 0.15) is 55.4 Å². The summed E-state index contributed by atoms with van der Waals surface area (Å²) in [5, 5.41) is 8.02. The summed E-state index contributed by atoms with van der Waals surface area (Å²) in [6.07, 6.45) is 7.95. The van der Waals surface area contributed by atoms with Crippen LogP contribution in [0.4, 0.5) is 0 Å². The third-order valence-corrected chi connectivity index (χ3v) is 4.53. The monoisotopic (exact) mass is 337 g/mol. The predicted octanol–water partition coefficient (Wildman–Crippen LogP) is 3.87. The molecule has 3 aromatic rings. The highest BCUT2D eigenvalue weighted by Gasteiger charge is 2.09. The summed E-state index contributed by atoms with van der Waals surface area (Å²) in [4.78, 5) is 4.29. The molecule has 0 fully saturated rings. The van der Waals surface area contributed by atoms with Gasteiger partial charge in [0.05, 0.1) is 6.20 Å². The average molecular weight is 337 g/mol.